The van der Waals surface area contributed by atoms with Crippen LogP contribution in [0.25, 0.3) is 0 Å². The molecule has 0 saturated carbocycles. The highest BCUT2D eigenvalue weighted by molar-refractivity contribution is 5.89. The van der Waals surface area contributed by atoms with Gasteiger partial charge < -0.3 is 38.1 Å². The van der Waals surface area contributed by atoms with Crippen LogP contribution >= 0.6 is 0 Å². The predicted octanol–water partition coefficient (Wildman–Crippen LogP) is -1.40. The number of ether oxygens (including phenoxy) is 6. The number of esters is 2. The fraction of sp³-hybridized carbons (Fsp3) is 0.810. The Morgan fingerprint density at radius 1 is 1.06 bits per heavy atom. The van der Waals surface area contributed by atoms with Crippen LogP contribution in [-0.2, 0) is 47.6 Å². The van der Waals surface area contributed by atoms with Gasteiger partial charge in [0.1, 0.15) is 30.7 Å². The average Bonchev–Trinajstić information content (AvgIpc) is 3.66. The summed E-state index contributed by atoms with van der Waals surface area (Å²) in [5, 5.41) is 0. The summed E-state index contributed by atoms with van der Waals surface area (Å²) >= 11 is 0. The van der Waals surface area contributed by atoms with Crippen molar-refractivity contribution in [3.63, 3.8) is 0 Å². The van der Waals surface area contributed by atoms with Crippen molar-refractivity contribution in [2.45, 2.75) is 61.4 Å². The molecule has 1 amide bonds. The van der Waals surface area contributed by atoms with Gasteiger partial charge in [-0.1, -0.05) is 0 Å². The zero-order valence-electron chi connectivity index (χ0n) is 17.4. The zero-order chi connectivity index (χ0) is 22.0. The molecule has 6 aliphatic heterocycles. The van der Waals surface area contributed by atoms with Crippen molar-refractivity contribution in [2.75, 3.05) is 33.0 Å². The van der Waals surface area contributed by atoms with Gasteiger partial charge in [0.2, 0.25) is 5.91 Å². The number of carbonyl (C=O) groups excluding carboxylic acids is 4. The number of hydrogen-bond acceptors (Lipinski definition) is 10. The Morgan fingerprint density at radius 3 is 2.47 bits per heavy atom. The molecular formula is C21H25NO10. The van der Waals surface area contributed by atoms with Crippen molar-refractivity contribution >= 4 is 24.1 Å². The summed E-state index contributed by atoms with van der Waals surface area (Å²) in [6.45, 7) is 1.44. The van der Waals surface area contributed by atoms with Crippen LogP contribution in [0.2, 0.25) is 0 Å². The third-order valence-electron chi connectivity index (χ3n) is 7.34. The van der Waals surface area contributed by atoms with Gasteiger partial charge in [-0.3, -0.25) is 4.79 Å². The molecule has 0 N–H and O–H groups in total. The zero-order valence-corrected chi connectivity index (χ0v) is 17.4. The molecule has 174 valence electrons. The number of rotatable bonds is 11. The maximum atomic E-state index is 13.4. The number of amides is 1. The highest BCUT2D eigenvalue weighted by atomic mass is 16.7. The Kier molecular flexibility index (Phi) is 4.79. The van der Waals surface area contributed by atoms with Crippen LogP contribution in [0.15, 0.2) is 0 Å². The summed E-state index contributed by atoms with van der Waals surface area (Å²) < 4.78 is 32.3. The number of fused-ring (bicyclic) bond motifs is 8. The molecule has 6 heterocycles. The topological polar surface area (TPSA) is 137 Å². The first-order chi connectivity index (χ1) is 15.5. The Bertz CT molecular complexity index is 840. The van der Waals surface area contributed by atoms with Gasteiger partial charge in [0.25, 0.3) is 0 Å². The maximum absolute atomic E-state index is 13.4. The van der Waals surface area contributed by atoms with E-state index in [0.29, 0.717) is 39.2 Å². The molecule has 0 aromatic carbocycles. The molecule has 6 fully saturated rings. The lowest BCUT2D eigenvalue weighted by Gasteiger charge is -2.30. The molecular weight excluding hydrogens is 426 g/mol. The third-order valence-corrected chi connectivity index (χ3v) is 7.34. The molecule has 11 heteroatoms. The van der Waals surface area contributed by atoms with Crippen LogP contribution in [-0.4, -0.2) is 104 Å². The molecule has 0 aromatic heterocycles. The molecule has 6 saturated heterocycles. The first-order valence-corrected chi connectivity index (χ1v) is 11.2. The Balaban J connectivity index is 1.07. The minimum absolute atomic E-state index is 0.0776. The predicted molar refractivity (Wildman–Crippen MR) is 100 cm³/mol. The van der Waals surface area contributed by atoms with Crippen molar-refractivity contribution in [1.82, 2.24) is 4.90 Å². The number of nitrogens with zero attached hydrogens (tertiary/aromatic N) is 1. The van der Waals surface area contributed by atoms with Gasteiger partial charge in [-0.25, -0.2) is 9.59 Å². The van der Waals surface area contributed by atoms with Crippen molar-refractivity contribution in [2.24, 2.45) is 11.8 Å². The molecule has 6 aliphatic rings. The smallest absolute Gasteiger partial charge is 0.337 e. The summed E-state index contributed by atoms with van der Waals surface area (Å²) in [6.07, 6.45) is 1.19. The van der Waals surface area contributed by atoms with Gasteiger partial charge in [0.15, 0.2) is 12.2 Å². The Hall–Kier alpha value is -2.08. The number of unbranched alkanes of at least 4 members (excludes halogenated alkanes) is 2. The Morgan fingerprint density at radius 2 is 1.78 bits per heavy atom. The van der Waals surface area contributed by atoms with E-state index in [1.807, 2.05) is 0 Å². The molecule has 9 atom stereocenters. The molecule has 32 heavy (non-hydrogen) atoms. The normalized spacial score (nSPS) is 44.1. The molecule has 6 rings (SSSR count). The quantitative estimate of drug-likeness (QED) is 0.160. The van der Waals surface area contributed by atoms with E-state index in [9.17, 15) is 19.2 Å². The van der Waals surface area contributed by atoms with E-state index < -0.39 is 35.7 Å². The van der Waals surface area contributed by atoms with Crippen LogP contribution in [0, 0.1) is 11.8 Å². The van der Waals surface area contributed by atoms with E-state index in [1.165, 1.54) is 0 Å². The van der Waals surface area contributed by atoms with Gasteiger partial charge in [-0.15, -0.1) is 0 Å². The molecule has 0 aromatic rings. The van der Waals surface area contributed by atoms with Gasteiger partial charge in [0.05, 0.1) is 37.9 Å². The first kappa shape index (κ1) is 20.5. The molecule has 0 radical (unpaired) electrons. The second-order valence-electron chi connectivity index (χ2n) is 9.25. The van der Waals surface area contributed by atoms with E-state index in [-0.39, 0.29) is 42.7 Å². The minimum Gasteiger partial charge on any atom is -0.464 e. The molecule has 11 nitrogen and oxygen atoms in total. The highest BCUT2D eigenvalue weighted by Gasteiger charge is 2.82. The minimum atomic E-state index is -1.03. The molecule has 2 bridgehead atoms. The number of carbonyl (C=O) groups is 4. The van der Waals surface area contributed by atoms with E-state index in [0.717, 1.165) is 12.7 Å². The lowest BCUT2D eigenvalue weighted by Crippen LogP contribution is -2.50. The molecule has 9 unspecified atom stereocenters. The molecule has 0 aliphatic carbocycles. The Labute approximate surface area is 183 Å². The molecule has 0 spiro atoms. The van der Waals surface area contributed by atoms with Gasteiger partial charge in [0, 0.05) is 12.5 Å². The first-order valence-electron chi connectivity index (χ1n) is 11.2. The summed E-state index contributed by atoms with van der Waals surface area (Å²) in [7, 11) is 0. The van der Waals surface area contributed by atoms with Crippen LogP contribution in [0.1, 0.15) is 19.3 Å². The lowest BCUT2D eigenvalue weighted by atomic mass is 9.71. The van der Waals surface area contributed by atoms with Crippen molar-refractivity contribution in [1.29, 1.82) is 0 Å². The van der Waals surface area contributed by atoms with E-state index in [4.69, 9.17) is 28.4 Å². The van der Waals surface area contributed by atoms with Gasteiger partial charge in [-0.05, 0) is 19.3 Å². The lowest BCUT2D eigenvalue weighted by molar-refractivity contribution is -0.166. The van der Waals surface area contributed by atoms with Crippen LogP contribution < -0.4 is 0 Å². The van der Waals surface area contributed by atoms with E-state index in [1.54, 1.807) is 4.90 Å². The number of likely N-dealkylation sites (tertiary alicyclic amines) is 1. The summed E-state index contributed by atoms with van der Waals surface area (Å²) in [6, 6.07) is -0.586. The number of hydrogen-bond donors (Lipinski definition) is 0. The van der Waals surface area contributed by atoms with Crippen LogP contribution in [0.5, 0.6) is 0 Å². The number of aldehydes is 1. The second kappa shape index (κ2) is 7.47. The van der Waals surface area contributed by atoms with Gasteiger partial charge >= 0.3 is 11.9 Å². The summed E-state index contributed by atoms with van der Waals surface area (Å²) in [5.74, 6) is -1.82. The van der Waals surface area contributed by atoms with E-state index >= 15 is 0 Å². The average molecular weight is 451 g/mol. The van der Waals surface area contributed by atoms with Crippen molar-refractivity contribution < 1.29 is 47.6 Å². The van der Waals surface area contributed by atoms with Crippen molar-refractivity contribution in [3.05, 3.63) is 0 Å². The highest BCUT2D eigenvalue weighted by Crippen LogP contribution is 2.64. The summed E-state index contributed by atoms with van der Waals surface area (Å²) in [4.78, 5) is 50.4. The largest absolute Gasteiger partial charge is 0.464 e. The monoisotopic (exact) mass is 451 g/mol. The maximum Gasteiger partial charge on any atom is 0.337 e. The fourth-order valence-electron chi connectivity index (χ4n) is 5.62. The second-order valence-corrected chi connectivity index (χ2v) is 9.25. The van der Waals surface area contributed by atoms with Crippen molar-refractivity contribution in [3.8, 4) is 0 Å². The van der Waals surface area contributed by atoms with E-state index in [2.05, 4.69) is 0 Å². The SMILES string of the molecule is O=CC1C2C3OC(COC(=O)C4CO4)(C4OC34)C2C(=O)N1CCCCCOC(=O)C1CO1. The number of epoxide rings is 3. The third kappa shape index (κ3) is 3.17. The fourth-order valence-corrected chi connectivity index (χ4v) is 5.62. The standard InChI is InChI=1S/C21H25NO10/c23-6-10-13-14(18(24)22(10)4-2-1-3-5-27-19(25)11-7-28-11)21(9-30-20(26)12-8-29-12)17-16(31-17)15(13)32-21/h6,10-17H,1-5,7-9H2. The van der Waals surface area contributed by atoms with Crippen LogP contribution in [0.3, 0.4) is 0 Å². The van der Waals surface area contributed by atoms with Crippen LogP contribution in [0.4, 0.5) is 0 Å². The van der Waals surface area contributed by atoms with Gasteiger partial charge in [-0.2, -0.15) is 0 Å². The summed E-state index contributed by atoms with van der Waals surface area (Å²) in [5.41, 5.74) is -1.03.